The van der Waals surface area contributed by atoms with Crippen LogP contribution in [0.15, 0.2) is 30.3 Å². The molecule has 0 bridgehead atoms. The van der Waals surface area contributed by atoms with Gasteiger partial charge in [0.2, 0.25) is 0 Å². The first kappa shape index (κ1) is 18.1. The Kier molecular flexibility index (Phi) is 7.26. The third-order valence-corrected chi connectivity index (χ3v) is 4.52. The molecule has 118 valence electrons. The summed E-state index contributed by atoms with van der Waals surface area (Å²) < 4.78 is 5.37. The fourth-order valence-electron chi connectivity index (χ4n) is 2.22. The van der Waals surface area contributed by atoms with Crippen LogP contribution in [0.2, 0.25) is 0 Å². The van der Waals surface area contributed by atoms with E-state index in [9.17, 15) is 4.79 Å². The zero-order valence-corrected chi connectivity index (χ0v) is 14.5. The maximum atomic E-state index is 11.9. The van der Waals surface area contributed by atoms with Crippen LogP contribution >= 0.6 is 11.8 Å². The molecule has 0 fully saturated rings. The van der Waals surface area contributed by atoms with Crippen LogP contribution in [0.25, 0.3) is 0 Å². The van der Waals surface area contributed by atoms with Crippen molar-refractivity contribution in [2.24, 2.45) is 0 Å². The lowest BCUT2D eigenvalue weighted by Crippen LogP contribution is -2.29. The lowest BCUT2D eigenvalue weighted by atomic mass is 10.0. The zero-order valence-electron chi connectivity index (χ0n) is 13.7. The van der Waals surface area contributed by atoms with Crippen LogP contribution in [0.1, 0.15) is 45.7 Å². The Morgan fingerprint density at radius 2 is 1.90 bits per heavy atom. The highest BCUT2D eigenvalue weighted by atomic mass is 32.2. The summed E-state index contributed by atoms with van der Waals surface area (Å²) in [5, 5.41) is 3.71. The van der Waals surface area contributed by atoms with Gasteiger partial charge in [0.05, 0.1) is 5.75 Å². The highest BCUT2D eigenvalue weighted by molar-refractivity contribution is 8.00. The molecular weight excluding hydrogens is 282 g/mol. The minimum Gasteiger partial charge on any atom is -0.459 e. The number of carbonyl (C=O) groups excluding carboxylic acids is 1. The number of rotatable bonds is 7. The molecule has 1 aromatic rings. The molecular formula is C17H27NO2S. The van der Waals surface area contributed by atoms with Crippen LogP contribution in [-0.2, 0) is 9.53 Å². The van der Waals surface area contributed by atoms with E-state index in [2.05, 4.69) is 24.4 Å². The van der Waals surface area contributed by atoms with E-state index in [0.717, 1.165) is 6.42 Å². The van der Waals surface area contributed by atoms with E-state index >= 15 is 0 Å². The van der Waals surface area contributed by atoms with E-state index in [1.165, 1.54) is 5.56 Å². The number of carbonyl (C=O) groups is 1. The molecule has 0 heterocycles. The quantitative estimate of drug-likeness (QED) is 0.778. The number of esters is 1. The molecule has 0 saturated heterocycles. The van der Waals surface area contributed by atoms with Gasteiger partial charge in [-0.3, -0.25) is 4.79 Å². The van der Waals surface area contributed by atoms with Crippen LogP contribution in [0.3, 0.4) is 0 Å². The van der Waals surface area contributed by atoms with Crippen molar-refractivity contribution in [3.05, 3.63) is 35.9 Å². The number of hydrogen-bond donors (Lipinski definition) is 1. The van der Waals surface area contributed by atoms with Gasteiger partial charge in [-0.05, 0) is 39.8 Å². The fraction of sp³-hybridized carbons (Fsp3) is 0.588. The highest BCUT2D eigenvalue weighted by Crippen LogP contribution is 2.29. The SMILES string of the molecule is CCC(SCC(=O)OC(C)(C)C)C(NC)c1ccccc1. The monoisotopic (exact) mass is 309 g/mol. The Morgan fingerprint density at radius 1 is 1.29 bits per heavy atom. The standard InChI is InChI=1S/C17H27NO2S/c1-6-14(21-12-15(19)20-17(2,3)4)16(18-5)13-10-8-7-9-11-13/h7-11,14,16,18H,6,12H2,1-5H3. The Labute approximate surface area is 132 Å². The van der Waals surface area contributed by atoms with Crippen LogP contribution < -0.4 is 5.32 Å². The Balaban J connectivity index is 2.63. The molecule has 0 saturated carbocycles. The zero-order chi connectivity index (χ0) is 15.9. The first-order valence-corrected chi connectivity index (χ1v) is 8.48. The Bertz CT molecular complexity index is 428. The van der Waals surface area contributed by atoms with E-state index in [1.54, 1.807) is 11.8 Å². The van der Waals surface area contributed by atoms with Crippen molar-refractivity contribution in [2.45, 2.75) is 51.0 Å². The third-order valence-electron chi connectivity index (χ3n) is 3.08. The molecule has 0 aliphatic heterocycles. The molecule has 2 unspecified atom stereocenters. The van der Waals surface area contributed by atoms with Gasteiger partial charge in [-0.15, -0.1) is 11.8 Å². The maximum Gasteiger partial charge on any atom is 0.316 e. The molecule has 1 rings (SSSR count). The van der Waals surface area contributed by atoms with Gasteiger partial charge in [-0.2, -0.15) is 0 Å². The summed E-state index contributed by atoms with van der Waals surface area (Å²) in [6, 6.07) is 10.6. The number of ether oxygens (including phenoxy) is 1. The van der Waals surface area contributed by atoms with Gasteiger partial charge in [0, 0.05) is 11.3 Å². The van der Waals surface area contributed by atoms with Gasteiger partial charge in [0.25, 0.3) is 0 Å². The molecule has 21 heavy (non-hydrogen) atoms. The Hall–Kier alpha value is -1.00. The van der Waals surface area contributed by atoms with E-state index < -0.39 is 5.60 Å². The summed E-state index contributed by atoms with van der Waals surface area (Å²) in [6.45, 7) is 7.84. The highest BCUT2D eigenvalue weighted by Gasteiger charge is 2.23. The summed E-state index contributed by atoms with van der Waals surface area (Å²) in [6.07, 6.45) is 0.994. The predicted molar refractivity (Wildman–Crippen MR) is 90.6 cm³/mol. The molecule has 0 aliphatic carbocycles. The second-order valence-electron chi connectivity index (χ2n) is 6.02. The average molecular weight is 309 g/mol. The van der Waals surface area contributed by atoms with E-state index in [-0.39, 0.29) is 12.0 Å². The van der Waals surface area contributed by atoms with Crippen molar-refractivity contribution < 1.29 is 9.53 Å². The molecule has 0 spiro atoms. The smallest absolute Gasteiger partial charge is 0.316 e. The maximum absolute atomic E-state index is 11.9. The number of hydrogen-bond acceptors (Lipinski definition) is 4. The Morgan fingerprint density at radius 3 is 2.38 bits per heavy atom. The van der Waals surface area contributed by atoms with Gasteiger partial charge in [-0.25, -0.2) is 0 Å². The molecule has 3 nitrogen and oxygen atoms in total. The summed E-state index contributed by atoms with van der Waals surface area (Å²) >= 11 is 1.66. The molecule has 1 N–H and O–H groups in total. The van der Waals surface area contributed by atoms with Crippen molar-refractivity contribution in [2.75, 3.05) is 12.8 Å². The van der Waals surface area contributed by atoms with Crippen LogP contribution in [0.5, 0.6) is 0 Å². The van der Waals surface area contributed by atoms with Gasteiger partial charge in [0.15, 0.2) is 0 Å². The molecule has 1 aromatic carbocycles. The lowest BCUT2D eigenvalue weighted by Gasteiger charge is -2.26. The van der Waals surface area contributed by atoms with Gasteiger partial charge in [0.1, 0.15) is 5.60 Å². The summed E-state index contributed by atoms with van der Waals surface area (Å²) in [4.78, 5) is 11.9. The summed E-state index contributed by atoms with van der Waals surface area (Å²) in [5.74, 6) is 0.245. The molecule has 0 aromatic heterocycles. The minimum atomic E-state index is -0.415. The summed E-state index contributed by atoms with van der Waals surface area (Å²) in [7, 11) is 1.97. The second-order valence-corrected chi connectivity index (χ2v) is 7.25. The number of thioether (sulfide) groups is 1. The van der Waals surface area contributed by atoms with Crippen molar-refractivity contribution in [3.63, 3.8) is 0 Å². The van der Waals surface area contributed by atoms with Crippen molar-refractivity contribution >= 4 is 17.7 Å². The van der Waals surface area contributed by atoms with Crippen LogP contribution in [0.4, 0.5) is 0 Å². The average Bonchev–Trinajstić information content (AvgIpc) is 2.42. The van der Waals surface area contributed by atoms with Crippen molar-refractivity contribution in [1.29, 1.82) is 0 Å². The molecule has 0 aliphatic rings. The molecule has 0 amide bonds. The van der Waals surface area contributed by atoms with Crippen LogP contribution in [0, 0.1) is 0 Å². The largest absolute Gasteiger partial charge is 0.459 e. The van der Waals surface area contributed by atoms with Gasteiger partial charge >= 0.3 is 5.97 Å². The van der Waals surface area contributed by atoms with E-state index in [4.69, 9.17) is 4.74 Å². The molecule has 4 heteroatoms. The van der Waals surface area contributed by atoms with Crippen molar-refractivity contribution in [3.8, 4) is 0 Å². The fourth-order valence-corrected chi connectivity index (χ4v) is 3.35. The number of benzene rings is 1. The first-order valence-electron chi connectivity index (χ1n) is 7.43. The summed E-state index contributed by atoms with van der Waals surface area (Å²) in [5.41, 5.74) is 0.838. The molecule has 0 radical (unpaired) electrons. The lowest BCUT2D eigenvalue weighted by molar-refractivity contribution is -0.151. The topological polar surface area (TPSA) is 38.3 Å². The normalized spacial score (nSPS) is 14.5. The van der Waals surface area contributed by atoms with Crippen LogP contribution in [-0.4, -0.2) is 29.6 Å². The van der Waals surface area contributed by atoms with E-state index in [1.807, 2.05) is 46.0 Å². The van der Waals surface area contributed by atoms with Gasteiger partial charge in [-0.1, -0.05) is 37.3 Å². The van der Waals surface area contributed by atoms with Gasteiger partial charge < -0.3 is 10.1 Å². The van der Waals surface area contributed by atoms with Crippen molar-refractivity contribution in [1.82, 2.24) is 5.32 Å². The number of nitrogens with one attached hydrogen (secondary N) is 1. The second kappa shape index (κ2) is 8.44. The first-order chi connectivity index (χ1) is 9.87. The third kappa shape index (κ3) is 6.53. The molecule has 2 atom stereocenters. The minimum absolute atomic E-state index is 0.145. The predicted octanol–water partition coefficient (Wildman–Crippen LogP) is 3.80. The van der Waals surface area contributed by atoms with E-state index in [0.29, 0.717) is 11.0 Å².